The van der Waals surface area contributed by atoms with Gasteiger partial charge in [-0.05, 0) is 44.1 Å². The molecular weight excluding hydrogens is 292 g/mol. The number of carbonyl (C=O) groups is 2. The van der Waals surface area contributed by atoms with Crippen molar-refractivity contribution in [1.29, 1.82) is 0 Å². The monoisotopic (exact) mass is 320 g/mol. The van der Waals surface area contributed by atoms with E-state index < -0.39 is 5.41 Å². The van der Waals surface area contributed by atoms with Gasteiger partial charge in [-0.2, -0.15) is 0 Å². The Morgan fingerprint density at radius 3 is 2.48 bits per heavy atom. The second kappa shape index (κ2) is 8.67. The van der Waals surface area contributed by atoms with Gasteiger partial charge in [-0.25, -0.2) is 0 Å². The first-order valence-corrected chi connectivity index (χ1v) is 8.07. The maximum Gasteiger partial charge on any atom is 0.237 e. The van der Waals surface area contributed by atoms with Gasteiger partial charge in [0.15, 0.2) is 0 Å². The molecule has 0 aromatic heterocycles. The van der Waals surface area contributed by atoms with Crippen LogP contribution in [0.25, 0.3) is 0 Å². The summed E-state index contributed by atoms with van der Waals surface area (Å²) in [6.45, 7) is 4.03. The molecular formula is C18H28N2O3. The second-order valence-corrected chi connectivity index (χ2v) is 5.74. The van der Waals surface area contributed by atoms with E-state index in [4.69, 9.17) is 4.74 Å². The molecule has 1 aliphatic heterocycles. The minimum atomic E-state index is -0.642. The van der Waals surface area contributed by atoms with Crippen LogP contribution >= 0.6 is 0 Å². The second-order valence-electron chi connectivity index (χ2n) is 5.74. The third kappa shape index (κ3) is 3.91. The maximum absolute atomic E-state index is 12.6. The number of benzene rings is 1. The van der Waals surface area contributed by atoms with Crippen molar-refractivity contribution in [3.63, 3.8) is 0 Å². The highest BCUT2D eigenvalue weighted by Crippen LogP contribution is 2.42. The van der Waals surface area contributed by atoms with Gasteiger partial charge < -0.3 is 10.1 Å². The fourth-order valence-electron chi connectivity index (χ4n) is 3.29. The smallest absolute Gasteiger partial charge is 0.237 e. The lowest BCUT2D eigenvalue weighted by Crippen LogP contribution is -2.56. The molecule has 1 fully saturated rings. The minimum Gasteiger partial charge on any atom is -0.497 e. The first-order valence-electron chi connectivity index (χ1n) is 8.07. The first-order chi connectivity index (χ1) is 11.0. The van der Waals surface area contributed by atoms with Gasteiger partial charge in [0, 0.05) is 6.42 Å². The number of imide groups is 1. The lowest BCUT2D eigenvalue weighted by atomic mass is 9.63. The Morgan fingerprint density at radius 2 is 1.96 bits per heavy atom. The molecule has 2 atom stereocenters. The number of methoxy groups -OCH3 is 1. The van der Waals surface area contributed by atoms with Gasteiger partial charge in [0.2, 0.25) is 11.8 Å². The summed E-state index contributed by atoms with van der Waals surface area (Å²) in [7, 11) is 5.36. The topological polar surface area (TPSA) is 67.4 Å². The van der Waals surface area contributed by atoms with Crippen molar-refractivity contribution < 1.29 is 14.3 Å². The molecule has 0 saturated carbocycles. The molecule has 0 bridgehead atoms. The third-order valence-corrected chi connectivity index (χ3v) is 4.42. The summed E-state index contributed by atoms with van der Waals surface area (Å²) in [6, 6.07) is 7.60. The average molecular weight is 320 g/mol. The van der Waals surface area contributed by atoms with Crippen LogP contribution in [-0.2, 0) is 15.0 Å². The molecule has 5 nitrogen and oxygen atoms in total. The van der Waals surface area contributed by atoms with Gasteiger partial charge in [0.1, 0.15) is 5.75 Å². The van der Waals surface area contributed by atoms with Gasteiger partial charge in [-0.1, -0.05) is 32.4 Å². The Labute approximate surface area is 138 Å². The first kappa shape index (κ1) is 19.2. The molecule has 2 amide bonds. The SMILES string of the molecule is CCC1CC(=O)NC(=O)C1(CC)c1cccc(OC)c1.CNC. The Morgan fingerprint density at radius 1 is 1.30 bits per heavy atom. The predicted octanol–water partition coefficient (Wildman–Crippen LogP) is 2.25. The van der Waals surface area contributed by atoms with Crippen molar-refractivity contribution in [2.75, 3.05) is 21.2 Å². The molecule has 0 aliphatic carbocycles. The summed E-state index contributed by atoms with van der Waals surface area (Å²) < 4.78 is 5.26. The zero-order valence-corrected chi connectivity index (χ0v) is 14.7. The van der Waals surface area contributed by atoms with Crippen LogP contribution in [0.5, 0.6) is 5.75 Å². The molecule has 23 heavy (non-hydrogen) atoms. The van der Waals surface area contributed by atoms with Crippen LogP contribution in [0.4, 0.5) is 0 Å². The highest BCUT2D eigenvalue weighted by Gasteiger charge is 2.49. The van der Waals surface area contributed by atoms with Gasteiger partial charge in [-0.15, -0.1) is 0 Å². The van der Waals surface area contributed by atoms with E-state index in [-0.39, 0.29) is 17.7 Å². The molecule has 2 rings (SSSR count). The fourth-order valence-corrected chi connectivity index (χ4v) is 3.29. The van der Waals surface area contributed by atoms with Crippen LogP contribution in [0.3, 0.4) is 0 Å². The summed E-state index contributed by atoms with van der Waals surface area (Å²) in [6.07, 6.45) is 1.86. The number of hydrogen-bond acceptors (Lipinski definition) is 4. The van der Waals surface area contributed by atoms with Crippen LogP contribution in [0.1, 0.15) is 38.7 Å². The number of nitrogens with one attached hydrogen (secondary N) is 2. The van der Waals surface area contributed by atoms with E-state index in [9.17, 15) is 9.59 Å². The molecule has 0 spiro atoms. The van der Waals surface area contributed by atoms with Crippen LogP contribution < -0.4 is 15.4 Å². The van der Waals surface area contributed by atoms with Gasteiger partial charge in [0.25, 0.3) is 0 Å². The molecule has 1 saturated heterocycles. The van der Waals surface area contributed by atoms with Crippen molar-refractivity contribution in [2.45, 2.75) is 38.5 Å². The highest BCUT2D eigenvalue weighted by atomic mass is 16.5. The quantitative estimate of drug-likeness (QED) is 0.835. The Balaban J connectivity index is 0.000000816. The van der Waals surface area contributed by atoms with E-state index in [1.807, 2.05) is 52.2 Å². The normalized spacial score (nSPS) is 23.6. The molecule has 1 heterocycles. The molecule has 2 N–H and O–H groups in total. The van der Waals surface area contributed by atoms with Crippen molar-refractivity contribution in [3.05, 3.63) is 29.8 Å². The molecule has 1 aromatic carbocycles. The van der Waals surface area contributed by atoms with Gasteiger partial charge >= 0.3 is 0 Å². The van der Waals surface area contributed by atoms with Crippen molar-refractivity contribution in [3.8, 4) is 5.75 Å². The maximum atomic E-state index is 12.6. The molecule has 5 heteroatoms. The van der Waals surface area contributed by atoms with E-state index in [1.54, 1.807) is 7.11 Å². The zero-order chi connectivity index (χ0) is 17.5. The Kier molecular flexibility index (Phi) is 7.23. The van der Waals surface area contributed by atoms with Crippen LogP contribution in [0, 0.1) is 5.92 Å². The predicted molar refractivity (Wildman–Crippen MR) is 91.5 cm³/mol. The van der Waals surface area contributed by atoms with E-state index >= 15 is 0 Å². The average Bonchev–Trinajstić information content (AvgIpc) is 2.55. The van der Waals surface area contributed by atoms with Crippen LogP contribution in [0.15, 0.2) is 24.3 Å². The number of amides is 2. The standard InChI is InChI=1S/C16H21NO3.C2H7N/c1-4-11-10-14(18)17-15(19)16(11,5-2)12-7-6-8-13(9-12)20-3;1-3-2/h6-9,11H,4-5,10H2,1-3H3,(H,17,18,19);3H,1-2H3. The van der Waals surface area contributed by atoms with E-state index in [0.29, 0.717) is 12.8 Å². The van der Waals surface area contributed by atoms with Crippen molar-refractivity contribution in [2.24, 2.45) is 5.92 Å². The van der Waals surface area contributed by atoms with Crippen molar-refractivity contribution >= 4 is 11.8 Å². The van der Waals surface area contributed by atoms with Gasteiger partial charge in [0.05, 0.1) is 12.5 Å². The third-order valence-electron chi connectivity index (χ3n) is 4.42. The summed E-state index contributed by atoms with van der Waals surface area (Å²) in [5.41, 5.74) is 0.285. The molecule has 1 aliphatic rings. The fraction of sp³-hybridized carbons (Fsp3) is 0.556. The molecule has 128 valence electrons. The Bertz CT molecular complexity index is 545. The minimum absolute atomic E-state index is 0.0286. The van der Waals surface area contributed by atoms with E-state index in [0.717, 1.165) is 17.7 Å². The van der Waals surface area contributed by atoms with Crippen molar-refractivity contribution in [1.82, 2.24) is 10.6 Å². The highest BCUT2D eigenvalue weighted by molar-refractivity contribution is 6.04. The molecule has 1 aromatic rings. The Hall–Kier alpha value is -1.88. The number of piperidine rings is 1. The lowest BCUT2D eigenvalue weighted by molar-refractivity contribution is -0.141. The number of rotatable bonds is 4. The van der Waals surface area contributed by atoms with E-state index in [1.165, 1.54) is 0 Å². The summed E-state index contributed by atoms with van der Waals surface area (Å²) >= 11 is 0. The summed E-state index contributed by atoms with van der Waals surface area (Å²) in [5, 5.41) is 5.25. The number of carbonyl (C=O) groups excluding carboxylic acids is 2. The molecule has 0 radical (unpaired) electrons. The zero-order valence-electron chi connectivity index (χ0n) is 14.7. The lowest BCUT2D eigenvalue weighted by Gasteiger charge is -2.42. The van der Waals surface area contributed by atoms with E-state index in [2.05, 4.69) is 10.6 Å². The van der Waals surface area contributed by atoms with Crippen LogP contribution in [-0.4, -0.2) is 33.0 Å². The van der Waals surface area contributed by atoms with Gasteiger partial charge in [-0.3, -0.25) is 14.9 Å². The number of ether oxygens (including phenoxy) is 1. The number of hydrogen-bond donors (Lipinski definition) is 2. The molecule has 2 unspecified atom stereocenters. The summed E-state index contributed by atoms with van der Waals surface area (Å²) in [5.74, 6) is 0.404. The largest absolute Gasteiger partial charge is 0.497 e. The van der Waals surface area contributed by atoms with Crippen LogP contribution in [0.2, 0.25) is 0 Å². The summed E-state index contributed by atoms with van der Waals surface area (Å²) in [4.78, 5) is 24.2.